The number of rotatable bonds is 1. The Morgan fingerprint density at radius 1 is 1.33 bits per heavy atom. The number of hydrogen-bond donors (Lipinski definition) is 1. The minimum atomic E-state index is -0.276. The molecule has 62 valence electrons. The second-order valence-electron chi connectivity index (χ2n) is 3.19. The average Bonchev–Trinajstić information content (AvgIpc) is 2.82. The Balaban J connectivity index is 2.53. The molecule has 0 aliphatic heterocycles. The molecule has 2 rings (SSSR count). The first-order valence-electron chi connectivity index (χ1n) is 4.10. The molecular weight excluding hydrogens is 152 g/mol. The molecule has 1 aliphatic carbocycles. The van der Waals surface area contributed by atoms with Crippen molar-refractivity contribution in [2.45, 2.75) is 18.8 Å². The molecule has 1 aromatic rings. The molecule has 1 fully saturated rings. The third-order valence-electron chi connectivity index (χ3n) is 2.14. The molecule has 0 atom stereocenters. The van der Waals surface area contributed by atoms with Gasteiger partial charge in [-0.2, -0.15) is 0 Å². The van der Waals surface area contributed by atoms with E-state index in [4.69, 9.17) is 5.11 Å². The van der Waals surface area contributed by atoms with Gasteiger partial charge in [-0.05, 0) is 36.5 Å². The van der Waals surface area contributed by atoms with E-state index in [0.717, 1.165) is 5.56 Å². The Morgan fingerprint density at radius 3 is 2.75 bits per heavy atom. The predicted octanol–water partition coefficient (Wildman–Crippen LogP) is 1.63. The van der Waals surface area contributed by atoms with Gasteiger partial charge in [-0.1, -0.05) is 12.1 Å². The van der Waals surface area contributed by atoms with E-state index in [1.807, 2.05) is 6.07 Å². The monoisotopic (exact) mass is 162 g/mol. The highest BCUT2D eigenvalue weighted by Crippen LogP contribution is 2.39. The first-order chi connectivity index (χ1) is 5.77. The van der Waals surface area contributed by atoms with Crippen molar-refractivity contribution in [3.8, 4) is 5.75 Å². The molecule has 0 bridgehead atoms. The van der Waals surface area contributed by atoms with Gasteiger partial charge in [0.05, 0.1) is 0 Å². The van der Waals surface area contributed by atoms with E-state index in [0.29, 0.717) is 5.92 Å². The Bertz CT molecular complexity index is 353. The van der Waals surface area contributed by atoms with E-state index in [1.165, 1.54) is 25.0 Å². The fourth-order valence-electron chi connectivity index (χ4n) is 1.28. The van der Waals surface area contributed by atoms with Crippen LogP contribution >= 0.6 is 0 Å². The van der Waals surface area contributed by atoms with Crippen LogP contribution in [0.25, 0.3) is 0 Å². The topological polar surface area (TPSA) is 37.3 Å². The van der Waals surface area contributed by atoms with E-state index in [9.17, 15) is 4.79 Å². The lowest BCUT2D eigenvalue weighted by atomic mass is 10.2. The zero-order valence-corrected chi connectivity index (χ0v) is 6.66. The van der Waals surface area contributed by atoms with Crippen LogP contribution in [0.5, 0.6) is 5.75 Å². The van der Waals surface area contributed by atoms with Gasteiger partial charge in [0.15, 0.2) is 5.75 Å². The fraction of sp³-hybridized carbons (Fsp3) is 0.300. The Labute approximate surface area is 70.5 Å². The average molecular weight is 162 g/mol. The minimum Gasteiger partial charge on any atom is -0.504 e. The zero-order chi connectivity index (χ0) is 8.55. The van der Waals surface area contributed by atoms with E-state index < -0.39 is 0 Å². The molecule has 0 aromatic heterocycles. The standard InChI is InChI=1S/C10H10O2/c11-9-3-1-2-8(6-10(9)12)7-4-5-7/h1-3,6-7H,4-5H2,(H,11,12). The quantitative estimate of drug-likeness (QED) is 0.681. The molecular formula is C10H10O2. The normalized spacial score (nSPS) is 16.0. The molecule has 0 radical (unpaired) electrons. The SMILES string of the molecule is O=c1cc(C2CC2)cccc1O. The largest absolute Gasteiger partial charge is 0.504 e. The summed E-state index contributed by atoms with van der Waals surface area (Å²) in [6.45, 7) is 0. The van der Waals surface area contributed by atoms with Crippen LogP contribution in [-0.2, 0) is 0 Å². The van der Waals surface area contributed by atoms with Gasteiger partial charge in [-0.25, -0.2) is 0 Å². The van der Waals surface area contributed by atoms with Crippen LogP contribution in [0.15, 0.2) is 29.1 Å². The second kappa shape index (κ2) is 2.63. The molecule has 12 heavy (non-hydrogen) atoms. The Kier molecular flexibility index (Phi) is 1.61. The molecule has 0 unspecified atom stereocenters. The molecule has 1 N–H and O–H groups in total. The molecule has 2 nitrogen and oxygen atoms in total. The number of hydrogen-bond acceptors (Lipinski definition) is 2. The van der Waals surface area contributed by atoms with Crippen molar-refractivity contribution in [1.82, 2.24) is 0 Å². The van der Waals surface area contributed by atoms with Crippen molar-refractivity contribution in [2.24, 2.45) is 0 Å². The Morgan fingerprint density at radius 2 is 2.08 bits per heavy atom. The van der Waals surface area contributed by atoms with Crippen molar-refractivity contribution in [3.63, 3.8) is 0 Å². The molecule has 2 heteroatoms. The first-order valence-corrected chi connectivity index (χ1v) is 4.10. The van der Waals surface area contributed by atoms with Crippen LogP contribution in [0.2, 0.25) is 0 Å². The summed E-state index contributed by atoms with van der Waals surface area (Å²) >= 11 is 0. The maximum atomic E-state index is 11.1. The molecule has 0 heterocycles. The molecule has 0 spiro atoms. The lowest BCUT2D eigenvalue weighted by molar-refractivity contribution is 0.471. The van der Waals surface area contributed by atoms with E-state index in [1.54, 1.807) is 6.07 Å². The van der Waals surface area contributed by atoms with Gasteiger partial charge in [0.2, 0.25) is 5.43 Å². The summed E-state index contributed by atoms with van der Waals surface area (Å²) in [6.07, 6.45) is 2.34. The van der Waals surface area contributed by atoms with Gasteiger partial charge in [-0.3, -0.25) is 4.79 Å². The predicted molar refractivity (Wildman–Crippen MR) is 46.4 cm³/mol. The van der Waals surface area contributed by atoms with Gasteiger partial charge in [0, 0.05) is 0 Å². The summed E-state index contributed by atoms with van der Waals surface area (Å²) in [7, 11) is 0. The van der Waals surface area contributed by atoms with Crippen molar-refractivity contribution in [3.05, 3.63) is 40.1 Å². The first kappa shape index (κ1) is 7.35. The van der Waals surface area contributed by atoms with Gasteiger partial charge in [-0.15, -0.1) is 0 Å². The third kappa shape index (κ3) is 1.33. The smallest absolute Gasteiger partial charge is 0.220 e. The Hall–Kier alpha value is -1.31. The summed E-state index contributed by atoms with van der Waals surface area (Å²) in [5.74, 6) is 0.395. The summed E-state index contributed by atoms with van der Waals surface area (Å²) in [6, 6.07) is 6.60. The maximum Gasteiger partial charge on any atom is 0.220 e. The van der Waals surface area contributed by atoms with Crippen LogP contribution in [0.1, 0.15) is 24.3 Å². The molecule has 0 saturated heterocycles. The highest BCUT2D eigenvalue weighted by Gasteiger charge is 2.23. The molecule has 1 aromatic carbocycles. The van der Waals surface area contributed by atoms with Crippen LogP contribution in [0, 0.1) is 0 Å². The van der Waals surface area contributed by atoms with Crippen LogP contribution < -0.4 is 5.43 Å². The minimum absolute atomic E-state index is 0.165. The van der Waals surface area contributed by atoms with E-state index >= 15 is 0 Å². The second-order valence-corrected chi connectivity index (χ2v) is 3.19. The van der Waals surface area contributed by atoms with Gasteiger partial charge in [0.1, 0.15) is 0 Å². The van der Waals surface area contributed by atoms with Crippen LogP contribution in [-0.4, -0.2) is 5.11 Å². The summed E-state index contributed by atoms with van der Waals surface area (Å²) < 4.78 is 0. The van der Waals surface area contributed by atoms with Crippen molar-refractivity contribution >= 4 is 0 Å². The highest BCUT2D eigenvalue weighted by atomic mass is 16.3. The fourth-order valence-corrected chi connectivity index (χ4v) is 1.28. The molecule has 1 saturated carbocycles. The van der Waals surface area contributed by atoms with Gasteiger partial charge >= 0.3 is 0 Å². The summed E-state index contributed by atoms with van der Waals surface area (Å²) in [5.41, 5.74) is 0.780. The lowest BCUT2D eigenvalue weighted by Crippen LogP contribution is -1.94. The van der Waals surface area contributed by atoms with E-state index in [2.05, 4.69) is 0 Å². The summed E-state index contributed by atoms with van der Waals surface area (Å²) in [5, 5.41) is 9.09. The summed E-state index contributed by atoms with van der Waals surface area (Å²) in [4.78, 5) is 11.1. The van der Waals surface area contributed by atoms with Crippen LogP contribution in [0.3, 0.4) is 0 Å². The van der Waals surface area contributed by atoms with Crippen molar-refractivity contribution in [1.29, 1.82) is 0 Å². The molecule has 1 aliphatic rings. The maximum absolute atomic E-state index is 11.1. The van der Waals surface area contributed by atoms with Gasteiger partial charge in [0.25, 0.3) is 0 Å². The van der Waals surface area contributed by atoms with E-state index in [-0.39, 0.29) is 11.2 Å². The number of aromatic hydroxyl groups is 1. The lowest BCUT2D eigenvalue weighted by Gasteiger charge is -1.87. The van der Waals surface area contributed by atoms with Crippen LogP contribution in [0.4, 0.5) is 0 Å². The molecule has 0 amide bonds. The highest BCUT2D eigenvalue weighted by molar-refractivity contribution is 5.28. The van der Waals surface area contributed by atoms with Crippen molar-refractivity contribution < 1.29 is 5.11 Å². The van der Waals surface area contributed by atoms with Gasteiger partial charge < -0.3 is 5.11 Å². The zero-order valence-electron chi connectivity index (χ0n) is 6.66. The van der Waals surface area contributed by atoms with Crippen molar-refractivity contribution in [2.75, 3.05) is 0 Å². The third-order valence-corrected chi connectivity index (χ3v) is 2.14.